The van der Waals surface area contributed by atoms with Crippen LogP contribution in [0.4, 0.5) is 5.82 Å². The lowest BCUT2D eigenvalue weighted by atomic mass is 10.4. The van der Waals surface area contributed by atoms with Crippen molar-refractivity contribution in [2.75, 3.05) is 19.5 Å². The molecule has 7 nitrogen and oxygen atoms in total. The van der Waals surface area contributed by atoms with Gasteiger partial charge in [0, 0.05) is 20.2 Å². The second-order valence-electron chi connectivity index (χ2n) is 3.56. The number of ether oxygens (including phenoxy) is 2. The Balaban J connectivity index is 0.000000411. The van der Waals surface area contributed by atoms with E-state index in [1.807, 2.05) is 0 Å². The first-order valence-corrected chi connectivity index (χ1v) is 5.35. The van der Waals surface area contributed by atoms with Gasteiger partial charge in [-0.15, -0.1) is 0 Å². The average molecular weight is 257 g/mol. The minimum atomic E-state index is -0.383. The minimum absolute atomic E-state index is 0.0301. The molecule has 0 aliphatic carbocycles. The molecule has 0 aliphatic heterocycles. The van der Waals surface area contributed by atoms with E-state index in [0.29, 0.717) is 18.0 Å². The van der Waals surface area contributed by atoms with Crippen LogP contribution in [-0.4, -0.2) is 42.5 Å². The number of carbonyl (C=O) groups is 2. The molecule has 102 valence electrons. The predicted molar refractivity (Wildman–Crippen MR) is 66.4 cm³/mol. The Morgan fingerprint density at radius 1 is 1.56 bits per heavy atom. The van der Waals surface area contributed by atoms with Crippen molar-refractivity contribution < 1.29 is 19.1 Å². The van der Waals surface area contributed by atoms with Crippen molar-refractivity contribution >= 4 is 18.3 Å². The third kappa shape index (κ3) is 5.33. The Bertz CT molecular complexity index is 388. The molecule has 18 heavy (non-hydrogen) atoms. The molecule has 0 unspecified atom stereocenters. The maximum Gasteiger partial charge on any atom is 0.356 e. The van der Waals surface area contributed by atoms with Crippen molar-refractivity contribution in [1.29, 1.82) is 0 Å². The van der Waals surface area contributed by atoms with E-state index in [0.717, 1.165) is 0 Å². The number of anilines is 1. The molecule has 0 saturated heterocycles. The summed E-state index contributed by atoms with van der Waals surface area (Å²) in [6.07, 6.45) is 0.0301. The molecule has 1 aromatic rings. The molecule has 0 radical (unpaired) electrons. The van der Waals surface area contributed by atoms with Crippen molar-refractivity contribution in [3.8, 4) is 0 Å². The van der Waals surface area contributed by atoms with Crippen LogP contribution in [0.25, 0.3) is 0 Å². The van der Waals surface area contributed by atoms with Gasteiger partial charge in [-0.1, -0.05) is 0 Å². The van der Waals surface area contributed by atoms with Crippen molar-refractivity contribution in [1.82, 2.24) is 9.78 Å². The topological polar surface area (TPSA) is 82.5 Å². The van der Waals surface area contributed by atoms with Crippen LogP contribution >= 0.6 is 0 Å². The molecular formula is C11H19N3O4. The zero-order valence-electron chi connectivity index (χ0n) is 11.3. The van der Waals surface area contributed by atoms with E-state index in [-0.39, 0.29) is 12.1 Å². The summed E-state index contributed by atoms with van der Waals surface area (Å²) in [5.41, 5.74) is 0.432. The molecule has 0 saturated carbocycles. The van der Waals surface area contributed by atoms with Crippen LogP contribution in [0.3, 0.4) is 0 Å². The van der Waals surface area contributed by atoms with Crippen LogP contribution < -0.4 is 5.32 Å². The first-order valence-electron chi connectivity index (χ1n) is 5.35. The lowest BCUT2D eigenvalue weighted by Crippen LogP contribution is -2.07. The Morgan fingerprint density at radius 2 is 2.17 bits per heavy atom. The van der Waals surface area contributed by atoms with Gasteiger partial charge in [0.2, 0.25) is 0 Å². The van der Waals surface area contributed by atoms with Crippen LogP contribution in [0, 0.1) is 0 Å². The zero-order valence-corrected chi connectivity index (χ0v) is 11.3. The molecule has 1 heterocycles. The summed E-state index contributed by atoms with van der Waals surface area (Å²) in [6.45, 7) is 4.05. The second-order valence-corrected chi connectivity index (χ2v) is 3.56. The summed E-state index contributed by atoms with van der Waals surface area (Å²) in [6, 6.07) is 1.63. The van der Waals surface area contributed by atoms with Crippen molar-refractivity contribution in [3.63, 3.8) is 0 Å². The maximum absolute atomic E-state index is 11.1. The number of esters is 1. The average Bonchev–Trinajstić information content (AvgIpc) is 2.70. The molecule has 0 spiro atoms. The SMILES string of the molecule is CC(C)OC=O.CNc1cc(C(=O)OC)n(C)n1. The van der Waals surface area contributed by atoms with Gasteiger partial charge in [-0.3, -0.25) is 9.48 Å². The molecule has 1 N–H and O–H groups in total. The molecule has 0 bridgehead atoms. The predicted octanol–water partition coefficient (Wildman–Crippen LogP) is 0.816. The Morgan fingerprint density at radius 3 is 2.44 bits per heavy atom. The van der Waals surface area contributed by atoms with Gasteiger partial charge in [-0.2, -0.15) is 5.10 Å². The molecule has 0 fully saturated rings. The number of methoxy groups -OCH3 is 1. The van der Waals surface area contributed by atoms with Crippen molar-refractivity contribution in [2.45, 2.75) is 20.0 Å². The number of rotatable bonds is 4. The molecule has 0 aromatic carbocycles. The number of nitrogens with one attached hydrogen (secondary N) is 1. The van der Waals surface area contributed by atoms with Crippen LogP contribution in [-0.2, 0) is 21.3 Å². The Labute approximate surface area is 106 Å². The van der Waals surface area contributed by atoms with E-state index >= 15 is 0 Å². The zero-order chi connectivity index (χ0) is 14.1. The number of hydrogen-bond acceptors (Lipinski definition) is 6. The van der Waals surface area contributed by atoms with E-state index in [9.17, 15) is 9.59 Å². The molecule has 0 atom stereocenters. The third-order valence-electron chi connectivity index (χ3n) is 1.86. The third-order valence-corrected chi connectivity index (χ3v) is 1.86. The highest BCUT2D eigenvalue weighted by atomic mass is 16.5. The van der Waals surface area contributed by atoms with Crippen LogP contribution in [0.15, 0.2) is 6.07 Å². The van der Waals surface area contributed by atoms with E-state index in [1.54, 1.807) is 34.0 Å². The highest BCUT2D eigenvalue weighted by Crippen LogP contribution is 2.07. The molecule has 1 rings (SSSR count). The fourth-order valence-electron chi connectivity index (χ4n) is 0.996. The number of aromatic nitrogens is 2. The van der Waals surface area contributed by atoms with Gasteiger partial charge in [-0.05, 0) is 13.8 Å². The maximum atomic E-state index is 11.1. The summed E-state index contributed by atoms with van der Waals surface area (Å²) in [5, 5.41) is 6.83. The number of aryl methyl sites for hydroxylation is 1. The minimum Gasteiger partial charge on any atom is -0.465 e. The largest absolute Gasteiger partial charge is 0.465 e. The van der Waals surface area contributed by atoms with Gasteiger partial charge in [0.1, 0.15) is 11.5 Å². The smallest absolute Gasteiger partial charge is 0.356 e. The van der Waals surface area contributed by atoms with Gasteiger partial charge in [0.25, 0.3) is 6.47 Å². The summed E-state index contributed by atoms with van der Waals surface area (Å²) in [5.74, 6) is 0.268. The van der Waals surface area contributed by atoms with Crippen LogP contribution in [0.1, 0.15) is 24.3 Å². The Kier molecular flexibility index (Phi) is 7.18. The van der Waals surface area contributed by atoms with Gasteiger partial charge in [-0.25, -0.2) is 4.79 Å². The number of hydrogen-bond donors (Lipinski definition) is 1. The fourth-order valence-corrected chi connectivity index (χ4v) is 0.996. The normalized spacial score (nSPS) is 9.22. The fraction of sp³-hybridized carbons (Fsp3) is 0.545. The number of nitrogens with zero attached hydrogens (tertiary/aromatic N) is 2. The summed E-state index contributed by atoms with van der Waals surface area (Å²) >= 11 is 0. The highest BCUT2D eigenvalue weighted by Gasteiger charge is 2.11. The van der Waals surface area contributed by atoms with E-state index in [2.05, 4.69) is 19.9 Å². The first kappa shape index (κ1) is 16.0. The van der Waals surface area contributed by atoms with Crippen LogP contribution in [0.2, 0.25) is 0 Å². The van der Waals surface area contributed by atoms with E-state index in [1.165, 1.54) is 11.8 Å². The summed E-state index contributed by atoms with van der Waals surface area (Å²) < 4.78 is 10.4. The standard InChI is InChI=1S/C7H11N3O2.C4H8O2/c1-8-6-4-5(7(11)12-3)10(2)9-6;1-4(2)6-3-5/h4H,1-3H3,(H,8,9);3-4H,1-2H3. The molecular weight excluding hydrogens is 238 g/mol. The van der Waals surface area contributed by atoms with E-state index < -0.39 is 0 Å². The Hall–Kier alpha value is -2.05. The van der Waals surface area contributed by atoms with Crippen molar-refractivity contribution in [2.24, 2.45) is 7.05 Å². The van der Waals surface area contributed by atoms with Gasteiger partial charge < -0.3 is 14.8 Å². The summed E-state index contributed by atoms with van der Waals surface area (Å²) in [7, 11) is 4.77. The van der Waals surface area contributed by atoms with Crippen LogP contribution in [0.5, 0.6) is 0 Å². The quantitative estimate of drug-likeness (QED) is 0.635. The molecule has 7 heteroatoms. The molecule has 1 aromatic heterocycles. The molecule has 0 amide bonds. The van der Waals surface area contributed by atoms with Gasteiger partial charge >= 0.3 is 5.97 Å². The van der Waals surface area contributed by atoms with Crippen molar-refractivity contribution in [3.05, 3.63) is 11.8 Å². The monoisotopic (exact) mass is 257 g/mol. The molecule has 0 aliphatic rings. The highest BCUT2D eigenvalue weighted by molar-refractivity contribution is 5.88. The summed E-state index contributed by atoms with van der Waals surface area (Å²) in [4.78, 5) is 20.4. The lowest BCUT2D eigenvalue weighted by molar-refractivity contribution is -0.131. The van der Waals surface area contributed by atoms with Gasteiger partial charge in [0.05, 0.1) is 13.2 Å². The van der Waals surface area contributed by atoms with Gasteiger partial charge in [0.15, 0.2) is 0 Å². The lowest BCUT2D eigenvalue weighted by Gasteiger charge is -1.96. The van der Waals surface area contributed by atoms with E-state index in [4.69, 9.17) is 0 Å². The number of carbonyl (C=O) groups excluding carboxylic acids is 2. The second kappa shape index (κ2) is 8.10. The first-order chi connectivity index (χ1) is 8.46.